The SMILES string of the molecule is CC(=O)/C=C/C12C(O)C1(C)CCC([C@]1(O)C(O)O[C@H](CO)[C@@H](O)[C@@H]1O)C2(C)C. The summed E-state index contributed by atoms with van der Waals surface area (Å²) < 4.78 is 5.22. The summed E-state index contributed by atoms with van der Waals surface area (Å²) in [5.41, 5.74) is -4.43. The highest BCUT2D eigenvalue weighted by Gasteiger charge is 2.82. The summed E-state index contributed by atoms with van der Waals surface area (Å²) >= 11 is 0. The fraction of sp³-hybridized carbons (Fsp3) is 0.850. The number of carbonyl (C=O) groups is 1. The van der Waals surface area contributed by atoms with Gasteiger partial charge in [-0.15, -0.1) is 0 Å². The molecule has 0 aromatic heterocycles. The Kier molecular flexibility index (Phi) is 5.12. The number of hydrogen-bond donors (Lipinski definition) is 6. The van der Waals surface area contributed by atoms with Crippen molar-refractivity contribution in [3.8, 4) is 0 Å². The zero-order valence-corrected chi connectivity index (χ0v) is 16.7. The molecule has 8 nitrogen and oxygen atoms in total. The van der Waals surface area contributed by atoms with Crippen LogP contribution in [-0.2, 0) is 9.53 Å². The summed E-state index contributed by atoms with van der Waals surface area (Å²) in [4.78, 5) is 11.6. The van der Waals surface area contributed by atoms with Crippen LogP contribution in [0.2, 0.25) is 0 Å². The molecule has 0 amide bonds. The highest BCUT2D eigenvalue weighted by Crippen LogP contribution is 2.80. The second-order valence-electron chi connectivity index (χ2n) is 9.48. The fourth-order valence-electron chi connectivity index (χ4n) is 6.27. The molecule has 9 atom stereocenters. The van der Waals surface area contributed by atoms with E-state index in [-0.39, 0.29) is 5.78 Å². The van der Waals surface area contributed by atoms with Crippen LogP contribution >= 0.6 is 0 Å². The van der Waals surface area contributed by atoms with Gasteiger partial charge in [0.25, 0.3) is 0 Å². The molecule has 2 aliphatic carbocycles. The molecule has 2 saturated carbocycles. The highest BCUT2D eigenvalue weighted by atomic mass is 16.6. The van der Waals surface area contributed by atoms with Gasteiger partial charge in [0, 0.05) is 16.7 Å². The molecule has 3 fully saturated rings. The predicted octanol–water partition coefficient (Wildman–Crippen LogP) is -0.903. The summed E-state index contributed by atoms with van der Waals surface area (Å²) in [7, 11) is 0. The molecule has 1 heterocycles. The number of hydrogen-bond acceptors (Lipinski definition) is 8. The van der Waals surface area contributed by atoms with Gasteiger partial charge in [-0.25, -0.2) is 0 Å². The van der Waals surface area contributed by atoms with Gasteiger partial charge in [0.05, 0.1) is 12.7 Å². The molecule has 28 heavy (non-hydrogen) atoms. The number of fused-ring (bicyclic) bond motifs is 1. The van der Waals surface area contributed by atoms with Crippen molar-refractivity contribution < 1.29 is 40.2 Å². The lowest BCUT2D eigenvalue weighted by atomic mass is 9.52. The van der Waals surface area contributed by atoms with Crippen molar-refractivity contribution in [1.82, 2.24) is 0 Å². The normalized spacial score (nSPS) is 53.1. The number of aliphatic hydroxyl groups excluding tert-OH is 5. The van der Waals surface area contributed by atoms with Gasteiger partial charge in [-0.05, 0) is 31.3 Å². The van der Waals surface area contributed by atoms with E-state index < -0.39 is 65.1 Å². The number of ether oxygens (including phenoxy) is 1. The number of allylic oxidation sites excluding steroid dienone is 1. The van der Waals surface area contributed by atoms with Crippen molar-refractivity contribution in [3.63, 3.8) is 0 Å². The first-order chi connectivity index (χ1) is 12.8. The summed E-state index contributed by atoms with van der Waals surface area (Å²) in [6, 6.07) is 0. The van der Waals surface area contributed by atoms with Crippen LogP contribution in [0.4, 0.5) is 0 Å². The van der Waals surface area contributed by atoms with E-state index >= 15 is 0 Å². The van der Waals surface area contributed by atoms with E-state index in [0.29, 0.717) is 12.8 Å². The van der Waals surface area contributed by atoms with Gasteiger partial charge in [0.15, 0.2) is 12.1 Å². The molecule has 5 unspecified atom stereocenters. The molecule has 3 rings (SSSR count). The number of carbonyl (C=O) groups excluding carboxylic acids is 1. The average molecular weight is 400 g/mol. The largest absolute Gasteiger partial charge is 0.394 e. The van der Waals surface area contributed by atoms with Crippen molar-refractivity contribution in [2.75, 3.05) is 6.61 Å². The van der Waals surface area contributed by atoms with E-state index in [4.69, 9.17) is 4.74 Å². The first-order valence-electron chi connectivity index (χ1n) is 9.73. The molecule has 3 aliphatic rings. The average Bonchev–Trinajstić information content (AvgIpc) is 3.11. The minimum atomic E-state index is -2.21. The van der Waals surface area contributed by atoms with Gasteiger partial charge in [-0.3, -0.25) is 4.79 Å². The van der Waals surface area contributed by atoms with E-state index in [1.54, 1.807) is 6.08 Å². The molecular weight excluding hydrogens is 368 g/mol. The number of aliphatic hydroxyl groups is 6. The molecule has 0 radical (unpaired) electrons. The Balaban J connectivity index is 2.05. The summed E-state index contributed by atoms with van der Waals surface area (Å²) in [5, 5.41) is 63.1. The van der Waals surface area contributed by atoms with Crippen LogP contribution in [0.3, 0.4) is 0 Å². The summed E-state index contributed by atoms with van der Waals surface area (Å²) in [6.07, 6.45) is -3.21. The van der Waals surface area contributed by atoms with Gasteiger partial charge < -0.3 is 35.4 Å². The smallest absolute Gasteiger partial charge is 0.187 e. The molecule has 0 aromatic carbocycles. The molecule has 0 spiro atoms. The lowest BCUT2D eigenvalue weighted by molar-refractivity contribution is -0.355. The van der Waals surface area contributed by atoms with Crippen LogP contribution in [0.1, 0.15) is 40.5 Å². The molecule has 1 aliphatic heterocycles. The highest BCUT2D eigenvalue weighted by molar-refractivity contribution is 5.87. The number of ketones is 1. The van der Waals surface area contributed by atoms with Gasteiger partial charge in [-0.2, -0.15) is 0 Å². The van der Waals surface area contributed by atoms with E-state index in [1.165, 1.54) is 13.0 Å². The van der Waals surface area contributed by atoms with Crippen molar-refractivity contribution in [3.05, 3.63) is 12.2 Å². The third-order valence-corrected chi connectivity index (χ3v) is 7.98. The zero-order valence-electron chi connectivity index (χ0n) is 16.7. The topological polar surface area (TPSA) is 148 Å². The lowest BCUT2D eigenvalue weighted by Gasteiger charge is -2.57. The van der Waals surface area contributed by atoms with Crippen molar-refractivity contribution >= 4 is 5.78 Å². The second-order valence-corrected chi connectivity index (χ2v) is 9.48. The van der Waals surface area contributed by atoms with Crippen LogP contribution in [0.5, 0.6) is 0 Å². The van der Waals surface area contributed by atoms with Crippen LogP contribution in [-0.4, -0.2) is 79.3 Å². The minimum Gasteiger partial charge on any atom is -0.394 e. The third kappa shape index (κ3) is 2.46. The monoisotopic (exact) mass is 400 g/mol. The number of rotatable bonds is 4. The van der Waals surface area contributed by atoms with Crippen molar-refractivity contribution in [1.29, 1.82) is 0 Å². The Bertz CT molecular complexity index is 677. The third-order valence-electron chi connectivity index (χ3n) is 7.98. The Morgan fingerprint density at radius 1 is 1.18 bits per heavy atom. The standard InChI is InChI=1S/C20H32O8/c1-10(22)5-8-19-15(25)18(19,4)7-6-12(17(19,2)3)20(27)14(24)13(23)11(9-21)28-16(20)26/h5,8,11-16,21,23-27H,6-7,9H2,1-4H3/b8-5+/t11-,12?,13-,14+,15?,16?,18?,19?,20-/m1/s1. The Morgan fingerprint density at radius 2 is 1.79 bits per heavy atom. The van der Waals surface area contributed by atoms with Crippen molar-refractivity contribution in [2.24, 2.45) is 22.2 Å². The van der Waals surface area contributed by atoms with Gasteiger partial charge in [0.2, 0.25) is 0 Å². The van der Waals surface area contributed by atoms with Crippen LogP contribution in [0.15, 0.2) is 12.2 Å². The molecular formula is C20H32O8. The first kappa shape index (κ1) is 21.8. The molecule has 6 N–H and O–H groups in total. The Hall–Kier alpha value is -0.870. The Labute approximate surface area is 164 Å². The quantitative estimate of drug-likeness (QED) is 0.333. The van der Waals surface area contributed by atoms with E-state index in [2.05, 4.69) is 0 Å². The molecule has 0 aromatic rings. The second kappa shape index (κ2) is 6.57. The molecule has 0 bridgehead atoms. The first-order valence-corrected chi connectivity index (χ1v) is 9.73. The maximum atomic E-state index is 11.6. The maximum absolute atomic E-state index is 11.6. The lowest BCUT2D eigenvalue weighted by Crippen LogP contribution is -2.72. The van der Waals surface area contributed by atoms with E-state index in [9.17, 15) is 35.4 Å². The van der Waals surface area contributed by atoms with E-state index in [0.717, 1.165) is 0 Å². The Morgan fingerprint density at radius 3 is 2.32 bits per heavy atom. The van der Waals surface area contributed by atoms with Crippen LogP contribution in [0.25, 0.3) is 0 Å². The van der Waals surface area contributed by atoms with Gasteiger partial charge in [0.1, 0.15) is 23.9 Å². The molecule has 8 heteroatoms. The van der Waals surface area contributed by atoms with Gasteiger partial charge in [-0.1, -0.05) is 26.8 Å². The molecule has 1 saturated heterocycles. The summed E-state index contributed by atoms with van der Waals surface area (Å²) in [6.45, 7) is 6.34. The predicted molar refractivity (Wildman–Crippen MR) is 97.8 cm³/mol. The van der Waals surface area contributed by atoms with E-state index in [1.807, 2.05) is 20.8 Å². The summed E-state index contributed by atoms with van der Waals surface area (Å²) in [5.74, 6) is -0.934. The maximum Gasteiger partial charge on any atom is 0.187 e. The minimum absolute atomic E-state index is 0.172. The van der Waals surface area contributed by atoms with Crippen LogP contribution < -0.4 is 0 Å². The van der Waals surface area contributed by atoms with Gasteiger partial charge >= 0.3 is 0 Å². The molecule has 160 valence electrons. The fourth-order valence-corrected chi connectivity index (χ4v) is 6.27. The zero-order chi connectivity index (χ0) is 21.3. The van der Waals surface area contributed by atoms with Crippen molar-refractivity contribution in [2.45, 2.75) is 76.8 Å². The van der Waals surface area contributed by atoms with Crippen LogP contribution in [0, 0.1) is 22.2 Å².